The average molecular weight is 427 g/mol. The number of para-hydroxylation sites is 2. The molecule has 0 radical (unpaired) electrons. The highest BCUT2D eigenvalue weighted by atomic mass is 16.2. The first-order valence-electron chi connectivity index (χ1n) is 10.6. The highest BCUT2D eigenvalue weighted by Gasteiger charge is 2.25. The molecule has 0 saturated heterocycles. The Labute approximate surface area is 187 Å². The molecule has 4 aromatic rings. The van der Waals surface area contributed by atoms with Crippen LogP contribution < -0.4 is 10.6 Å². The predicted molar refractivity (Wildman–Crippen MR) is 127 cm³/mol. The van der Waals surface area contributed by atoms with Crippen molar-refractivity contribution in [1.29, 1.82) is 0 Å². The van der Waals surface area contributed by atoms with Crippen LogP contribution in [0.5, 0.6) is 0 Å². The molecule has 0 spiro atoms. The first-order chi connectivity index (χ1) is 15.4. The van der Waals surface area contributed by atoms with E-state index in [0.29, 0.717) is 11.3 Å². The number of fused-ring (bicyclic) bond motifs is 1. The summed E-state index contributed by atoms with van der Waals surface area (Å²) in [7, 11) is 0. The summed E-state index contributed by atoms with van der Waals surface area (Å²) >= 11 is 0. The van der Waals surface area contributed by atoms with Crippen molar-refractivity contribution in [2.45, 2.75) is 26.8 Å². The zero-order valence-electron chi connectivity index (χ0n) is 18.3. The van der Waals surface area contributed by atoms with E-state index in [2.05, 4.69) is 20.6 Å². The third kappa shape index (κ3) is 4.54. The molecule has 0 aliphatic rings. The molecule has 0 aliphatic carbocycles. The van der Waals surface area contributed by atoms with Crippen molar-refractivity contribution in [1.82, 2.24) is 15.3 Å². The van der Waals surface area contributed by atoms with Crippen molar-refractivity contribution in [2.75, 3.05) is 5.32 Å². The fraction of sp³-hybridized carbons (Fsp3) is 0.192. The van der Waals surface area contributed by atoms with Gasteiger partial charge in [-0.3, -0.25) is 9.59 Å². The maximum absolute atomic E-state index is 13.0. The van der Waals surface area contributed by atoms with E-state index < -0.39 is 6.04 Å². The zero-order valence-corrected chi connectivity index (χ0v) is 18.3. The lowest BCUT2D eigenvalue weighted by Crippen LogP contribution is -2.47. The van der Waals surface area contributed by atoms with Crippen molar-refractivity contribution >= 4 is 28.5 Å². The molecule has 0 saturated carbocycles. The van der Waals surface area contributed by atoms with Crippen LogP contribution in [0.4, 0.5) is 5.69 Å². The second-order valence-corrected chi connectivity index (χ2v) is 8.18. The van der Waals surface area contributed by atoms with Crippen molar-refractivity contribution in [3.8, 4) is 11.4 Å². The molecule has 6 nitrogen and oxygen atoms in total. The SMILES string of the molecule is Cc1ccccc1C(=O)NC(C(=O)Nc1cccc(-c2nc3ccccc3[nH]2)c1)C(C)C. The van der Waals surface area contributed by atoms with Gasteiger partial charge in [0.05, 0.1) is 11.0 Å². The Kier molecular flexibility index (Phi) is 6.03. The first-order valence-corrected chi connectivity index (χ1v) is 10.6. The number of aromatic nitrogens is 2. The van der Waals surface area contributed by atoms with Crippen molar-refractivity contribution < 1.29 is 9.59 Å². The molecular formula is C26H26N4O2. The van der Waals surface area contributed by atoms with Crippen LogP contribution in [-0.4, -0.2) is 27.8 Å². The van der Waals surface area contributed by atoms with E-state index in [4.69, 9.17) is 0 Å². The molecule has 6 heteroatoms. The minimum Gasteiger partial charge on any atom is -0.340 e. The van der Waals surface area contributed by atoms with Gasteiger partial charge in [-0.1, -0.05) is 56.3 Å². The summed E-state index contributed by atoms with van der Waals surface area (Å²) in [5.74, 6) is 0.133. The molecule has 32 heavy (non-hydrogen) atoms. The Morgan fingerprint density at radius 3 is 2.44 bits per heavy atom. The summed E-state index contributed by atoms with van der Waals surface area (Å²) in [4.78, 5) is 33.7. The van der Waals surface area contributed by atoms with E-state index in [-0.39, 0.29) is 17.7 Å². The number of aryl methyl sites for hydroxylation is 1. The van der Waals surface area contributed by atoms with Crippen LogP contribution in [0, 0.1) is 12.8 Å². The van der Waals surface area contributed by atoms with E-state index in [1.165, 1.54) is 0 Å². The molecule has 0 bridgehead atoms. The van der Waals surface area contributed by atoms with E-state index in [1.807, 2.05) is 87.5 Å². The molecule has 1 unspecified atom stereocenters. The first kappa shape index (κ1) is 21.3. The van der Waals surface area contributed by atoms with Gasteiger partial charge in [0.15, 0.2) is 0 Å². The van der Waals surface area contributed by atoms with Gasteiger partial charge in [-0.15, -0.1) is 0 Å². The van der Waals surface area contributed by atoms with Gasteiger partial charge in [-0.05, 0) is 48.7 Å². The molecular weight excluding hydrogens is 400 g/mol. The van der Waals surface area contributed by atoms with E-state index in [9.17, 15) is 9.59 Å². The summed E-state index contributed by atoms with van der Waals surface area (Å²) in [6.07, 6.45) is 0. The minimum absolute atomic E-state index is 0.0819. The van der Waals surface area contributed by atoms with Gasteiger partial charge in [-0.25, -0.2) is 4.98 Å². The van der Waals surface area contributed by atoms with Gasteiger partial charge >= 0.3 is 0 Å². The molecule has 3 aromatic carbocycles. The standard InChI is InChI=1S/C26H26N4O2/c1-16(2)23(30-25(31)20-12-5-4-9-17(20)3)26(32)27-19-11-8-10-18(15-19)24-28-21-13-6-7-14-22(21)29-24/h4-16,23H,1-3H3,(H,27,32)(H,28,29)(H,30,31). The molecule has 0 aliphatic heterocycles. The normalized spacial score (nSPS) is 12.0. The highest BCUT2D eigenvalue weighted by molar-refractivity contribution is 6.02. The Morgan fingerprint density at radius 2 is 1.69 bits per heavy atom. The van der Waals surface area contributed by atoms with Crippen molar-refractivity contribution in [3.05, 3.63) is 83.9 Å². The maximum atomic E-state index is 13.0. The van der Waals surface area contributed by atoms with Crippen LogP contribution in [0.25, 0.3) is 22.4 Å². The third-order valence-corrected chi connectivity index (χ3v) is 5.42. The van der Waals surface area contributed by atoms with Gasteiger partial charge in [0.2, 0.25) is 5.91 Å². The molecule has 162 valence electrons. The lowest BCUT2D eigenvalue weighted by molar-refractivity contribution is -0.118. The summed E-state index contributed by atoms with van der Waals surface area (Å²) in [6, 6.07) is 22.0. The Morgan fingerprint density at radius 1 is 0.938 bits per heavy atom. The monoisotopic (exact) mass is 426 g/mol. The molecule has 4 rings (SSSR count). The van der Waals surface area contributed by atoms with E-state index in [0.717, 1.165) is 28.0 Å². The topological polar surface area (TPSA) is 86.9 Å². The summed E-state index contributed by atoms with van der Waals surface area (Å²) in [5.41, 5.74) is 4.78. The highest BCUT2D eigenvalue weighted by Crippen LogP contribution is 2.23. The second kappa shape index (κ2) is 9.06. The number of nitrogens with one attached hydrogen (secondary N) is 3. The molecule has 1 heterocycles. The largest absolute Gasteiger partial charge is 0.340 e. The average Bonchev–Trinajstić information content (AvgIpc) is 3.22. The number of hydrogen-bond donors (Lipinski definition) is 3. The summed E-state index contributed by atoms with van der Waals surface area (Å²) in [6.45, 7) is 5.70. The molecule has 2 amide bonds. The Balaban J connectivity index is 1.52. The fourth-order valence-corrected chi connectivity index (χ4v) is 3.64. The Bertz CT molecular complexity index is 1240. The number of anilines is 1. The number of carbonyl (C=O) groups is 2. The quantitative estimate of drug-likeness (QED) is 0.408. The number of H-pyrrole nitrogens is 1. The van der Waals surface area contributed by atoms with Crippen LogP contribution >= 0.6 is 0 Å². The van der Waals surface area contributed by atoms with Gasteiger partial charge in [0.1, 0.15) is 11.9 Å². The maximum Gasteiger partial charge on any atom is 0.252 e. The third-order valence-electron chi connectivity index (χ3n) is 5.42. The van der Waals surface area contributed by atoms with E-state index in [1.54, 1.807) is 6.07 Å². The number of hydrogen-bond acceptors (Lipinski definition) is 3. The van der Waals surface area contributed by atoms with Gasteiger partial charge in [0, 0.05) is 16.8 Å². The predicted octanol–water partition coefficient (Wildman–Crippen LogP) is 4.93. The van der Waals surface area contributed by atoms with Crippen LogP contribution in [0.15, 0.2) is 72.8 Å². The Hall–Kier alpha value is -3.93. The number of aromatic amines is 1. The number of carbonyl (C=O) groups excluding carboxylic acids is 2. The number of nitrogens with zero attached hydrogens (tertiary/aromatic N) is 1. The number of benzene rings is 3. The van der Waals surface area contributed by atoms with Crippen LogP contribution in [-0.2, 0) is 4.79 Å². The van der Waals surface area contributed by atoms with Gasteiger partial charge < -0.3 is 15.6 Å². The summed E-state index contributed by atoms with van der Waals surface area (Å²) in [5, 5.41) is 5.83. The number of rotatable bonds is 6. The van der Waals surface area contributed by atoms with Gasteiger partial charge in [0.25, 0.3) is 5.91 Å². The second-order valence-electron chi connectivity index (χ2n) is 8.18. The van der Waals surface area contributed by atoms with Crippen LogP contribution in [0.3, 0.4) is 0 Å². The van der Waals surface area contributed by atoms with Crippen molar-refractivity contribution in [2.24, 2.45) is 5.92 Å². The lowest BCUT2D eigenvalue weighted by atomic mass is 10.0. The minimum atomic E-state index is -0.669. The van der Waals surface area contributed by atoms with Gasteiger partial charge in [-0.2, -0.15) is 0 Å². The zero-order chi connectivity index (χ0) is 22.7. The lowest BCUT2D eigenvalue weighted by Gasteiger charge is -2.22. The molecule has 1 aromatic heterocycles. The summed E-state index contributed by atoms with van der Waals surface area (Å²) < 4.78 is 0. The smallest absolute Gasteiger partial charge is 0.252 e. The number of imidazole rings is 1. The van der Waals surface area contributed by atoms with Crippen LogP contribution in [0.1, 0.15) is 29.8 Å². The number of amides is 2. The van der Waals surface area contributed by atoms with Crippen LogP contribution in [0.2, 0.25) is 0 Å². The molecule has 3 N–H and O–H groups in total. The molecule has 0 fully saturated rings. The molecule has 1 atom stereocenters. The fourth-order valence-electron chi connectivity index (χ4n) is 3.64. The van der Waals surface area contributed by atoms with E-state index >= 15 is 0 Å². The van der Waals surface area contributed by atoms with Crippen molar-refractivity contribution in [3.63, 3.8) is 0 Å².